The molecule has 0 spiro atoms. The van der Waals surface area contributed by atoms with E-state index >= 15 is 0 Å². The molecule has 0 bridgehead atoms. The Bertz CT molecular complexity index is 755. The van der Waals surface area contributed by atoms with Gasteiger partial charge in [0.05, 0.1) is 24.4 Å². The van der Waals surface area contributed by atoms with E-state index in [1.165, 1.54) is 23.4 Å². The molecule has 6 nitrogen and oxygen atoms in total. The summed E-state index contributed by atoms with van der Waals surface area (Å²) in [5, 5.41) is 9.77. The molecule has 1 aromatic carbocycles. The van der Waals surface area contributed by atoms with Gasteiger partial charge in [-0.25, -0.2) is 4.79 Å². The van der Waals surface area contributed by atoms with Crippen LogP contribution in [0.3, 0.4) is 0 Å². The molecule has 1 aromatic heterocycles. The zero-order valence-corrected chi connectivity index (χ0v) is 12.6. The van der Waals surface area contributed by atoms with Crippen LogP contribution in [0.4, 0.5) is 0 Å². The summed E-state index contributed by atoms with van der Waals surface area (Å²) in [6, 6.07) is 5.96. The normalized spacial score (nSPS) is 10.4. The fraction of sp³-hybridized carbons (Fsp3) is 0.214. The minimum atomic E-state index is -0.485. The van der Waals surface area contributed by atoms with Crippen LogP contribution < -0.4 is 5.56 Å². The van der Waals surface area contributed by atoms with Crippen molar-refractivity contribution in [3.8, 4) is 11.6 Å². The molecule has 1 N–H and O–H groups in total. The molecule has 0 saturated heterocycles. The monoisotopic (exact) mass is 306 g/mol. The Labute approximate surface area is 125 Å². The molecule has 110 valence electrons. The topological polar surface area (TPSA) is 81.4 Å². The maximum absolute atomic E-state index is 12.2. The highest BCUT2D eigenvalue weighted by Gasteiger charge is 2.14. The predicted molar refractivity (Wildman–Crippen MR) is 79.4 cm³/mol. The van der Waals surface area contributed by atoms with Gasteiger partial charge in [0.25, 0.3) is 5.56 Å². The van der Waals surface area contributed by atoms with Crippen molar-refractivity contribution in [1.82, 2.24) is 9.55 Å². The number of aryl methyl sites for hydroxylation is 1. The number of aromatic nitrogens is 2. The average molecular weight is 306 g/mol. The minimum Gasteiger partial charge on any atom is -0.493 e. The first-order valence-corrected chi connectivity index (χ1v) is 7.26. The molecule has 0 fully saturated rings. The third-order valence-electron chi connectivity index (χ3n) is 2.93. The van der Waals surface area contributed by atoms with E-state index in [0.29, 0.717) is 16.4 Å². The first kappa shape index (κ1) is 15.1. The summed E-state index contributed by atoms with van der Waals surface area (Å²) < 4.78 is 6.04. The van der Waals surface area contributed by atoms with Crippen LogP contribution in [0.2, 0.25) is 0 Å². The molecule has 2 aromatic rings. The molecule has 1 heterocycles. The maximum Gasteiger partial charge on any atom is 0.337 e. The summed E-state index contributed by atoms with van der Waals surface area (Å²) in [5.74, 6) is -0.816. The van der Waals surface area contributed by atoms with Crippen molar-refractivity contribution in [2.45, 2.75) is 12.1 Å². The van der Waals surface area contributed by atoms with Crippen LogP contribution >= 0.6 is 11.8 Å². The molecule has 0 radical (unpaired) electrons. The highest BCUT2D eigenvalue weighted by atomic mass is 32.2. The molecule has 0 aliphatic rings. The highest BCUT2D eigenvalue weighted by molar-refractivity contribution is 7.98. The number of nitrogens with zero attached hydrogens (tertiary/aromatic N) is 2. The first-order chi connectivity index (χ1) is 9.97. The lowest BCUT2D eigenvalue weighted by molar-refractivity contribution is 0.0600. The Balaban J connectivity index is 2.72. The quantitative estimate of drug-likeness (QED) is 0.528. The van der Waals surface area contributed by atoms with Gasteiger partial charge in [0.15, 0.2) is 5.16 Å². The van der Waals surface area contributed by atoms with Crippen LogP contribution in [0.1, 0.15) is 15.9 Å². The summed E-state index contributed by atoms with van der Waals surface area (Å²) in [7, 11) is 1.30. The average Bonchev–Trinajstić information content (AvgIpc) is 2.46. The Hall–Kier alpha value is -2.28. The van der Waals surface area contributed by atoms with E-state index in [2.05, 4.69) is 9.72 Å². The van der Waals surface area contributed by atoms with E-state index in [9.17, 15) is 14.7 Å². The summed E-state index contributed by atoms with van der Waals surface area (Å²) >= 11 is 1.22. The second-order valence-electron chi connectivity index (χ2n) is 4.27. The lowest BCUT2D eigenvalue weighted by Gasteiger charge is -2.13. The molecule has 0 unspecified atom stereocenters. The Morgan fingerprint density at radius 1 is 1.38 bits per heavy atom. The van der Waals surface area contributed by atoms with Crippen LogP contribution in [0, 0.1) is 6.92 Å². The number of methoxy groups -OCH3 is 1. The number of ether oxygens (including phenoxy) is 1. The molecule has 0 saturated carbocycles. The summed E-state index contributed by atoms with van der Waals surface area (Å²) in [4.78, 5) is 27.7. The second kappa shape index (κ2) is 6.01. The molecular weight excluding hydrogens is 292 g/mol. The number of aromatic hydroxyl groups is 1. The fourth-order valence-corrected chi connectivity index (χ4v) is 2.46. The Morgan fingerprint density at radius 3 is 2.71 bits per heavy atom. The van der Waals surface area contributed by atoms with Gasteiger partial charge in [-0.2, -0.15) is 4.98 Å². The van der Waals surface area contributed by atoms with Gasteiger partial charge in [-0.3, -0.25) is 9.36 Å². The first-order valence-electron chi connectivity index (χ1n) is 6.04. The van der Waals surface area contributed by atoms with Gasteiger partial charge in [0.1, 0.15) is 0 Å². The number of carbonyl (C=O) groups excluding carboxylic acids is 1. The van der Waals surface area contributed by atoms with Gasteiger partial charge in [0, 0.05) is 0 Å². The van der Waals surface area contributed by atoms with Crippen molar-refractivity contribution < 1.29 is 14.6 Å². The van der Waals surface area contributed by atoms with Gasteiger partial charge < -0.3 is 9.84 Å². The van der Waals surface area contributed by atoms with Gasteiger partial charge in [-0.05, 0) is 30.9 Å². The third kappa shape index (κ3) is 2.92. The number of thioether (sulfide) groups is 1. The maximum atomic E-state index is 12.2. The molecule has 2 rings (SSSR count). The van der Waals surface area contributed by atoms with Gasteiger partial charge in [-0.15, -0.1) is 0 Å². The summed E-state index contributed by atoms with van der Waals surface area (Å²) in [6.45, 7) is 1.82. The second-order valence-corrected chi connectivity index (χ2v) is 5.04. The smallest absolute Gasteiger partial charge is 0.337 e. The van der Waals surface area contributed by atoms with Crippen molar-refractivity contribution >= 4 is 17.7 Å². The lowest BCUT2D eigenvalue weighted by Crippen LogP contribution is -2.21. The molecule has 0 amide bonds. The van der Waals surface area contributed by atoms with E-state index in [4.69, 9.17) is 0 Å². The van der Waals surface area contributed by atoms with E-state index < -0.39 is 11.5 Å². The van der Waals surface area contributed by atoms with Crippen LogP contribution in [0.15, 0.2) is 34.2 Å². The zero-order chi connectivity index (χ0) is 15.6. The SMILES string of the molecule is COC(=O)c1ccc(C)c(-n2c(SC)nc(O)cc2=O)c1. The molecule has 0 aliphatic carbocycles. The zero-order valence-electron chi connectivity index (χ0n) is 11.8. The molecule has 0 aliphatic heterocycles. The van der Waals surface area contributed by atoms with Crippen molar-refractivity contribution in [2.24, 2.45) is 0 Å². The van der Waals surface area contributed by atoms with E-state index in [1.807, 2.05) is 6.92 Å². The van der Waals surface area contributed by atoms with Crippen molar-refractivity contribution in [3.63, 3.8) is 0 Å². The Kier molecular flexibility index (Phi) is 4.32. The van der Waals surface area contributed by atoms with Crippen LogP contribution in [-0.4, -0.2) is 34.0 Å². The van der Waals surface area contributed by atoms with E-state index in [1.54, 1.807) is 24.5 Å². The van der Waals surface area contributed by atoms with E-state index in [-0.39, 0.29) is 5.88 Å². The van der Waals surface area contributed by atoms with Crippen molar-refractivity contribution in [1.29, 1.82) is 0 Å². The van der Waals surface area contributed by atoms with E-state index in [0.717, 1.165) is 11.6 Å². The molecule has 7 heteroatoms. The lowest BCUT2D eigenvalue weighted by atomic mass is 10.1. The van der Waals surface area contributed by atoms with Crippen molar-refractivity contribution in [2.75, 3.05) is 13.4 Å². The highest BCUT2D eigenvalue weighted by Crippen LogP contribution is 2.21. The number of esters is 1. The largest absolute Gasteiger partial charge is 0.493 e. The van der Waals surface area contributed by atoms with Gasteiger partial charge in [0.2, 0.25) is 5.88 Å². The third-order valence-corrected chi connectivity index (χ3v) is 3.57. The summed E-state index contributed by atoms with van der Waals surface area (Å²) in [5.41, 5.74) is 1.24. The van der Waals surface area contributed by atoms with Crippen LogP contribution in [-0.2, 0) is 4.74 Å². The number of carbonyl (C=O) groups is 1. The fourth-order valence-electron chi connectivity index (χ4n) is 1.90. The number of benzene rings is 1. The molecule has 21 heavy (non-hydrogen) atoms. The number of rotatable bonds is 3. The number of hydrogen-bond donors (Lipinski definition) is 1. The predicted octanol–water partition coefficient (Wildman–Crippen LogP) is 1.76. The minimum absolute atomic E-state index is 0.331. The summed E-state index contributed by atoms with van der Waals surface area (Å²) in [6.07, 6.45) is 1.75. The van der Waals surface area contributed by atoms with Crippen molar-refractivity contribution in [3.05, 3.63) is 45.7 Å². The van der Waals surface area contributed by atoms with Gasteiger partial charge in [-0.1, -0.05) is 17.8 Å². The standard InChI is InChI=1S/C14H14N2O4S/c1-8-4-5-9(13(19)20-2)6-10(8)16-12(18)7-11(17)15-14(16)21-3/h4-7,17H,1-3H3. The van der Waals surface area contributed by atoms with Gasteiger partial charge >= 0.3 is 5.97 Å². The Morgan fingerprint density at radius 2 is 2.10 bits per heavy atom. The molecular formula is C14H14N2O4S. The van der Waals surface area contributed by atoms with Crippen LogP contribution in [0.25, 0.3) is 5.69 Å². The number of hydrogen-bond acceptors (Lipinski definition) is 6. The van der Waals surface area contributed by atoms with Crippen LogP contribution in [0.5, 0.6) is 5.88 Å². The molecule has 0 atom stereocenters.